The van der Waals surface area contributed by atoms with Crippen LogP contribution in [-0.2, 0) is 35.4 Å². The lowest BCUT2D eigenvalue weighted by atomic mass is 9.97. The van der Waals surface area contributed by atoms with Crippen LogP contribution in [0.2, 0.25) is 0 Å². The highest BCUT2D eigenvalue weighted by atomic mass is 32.2. The summed E-state index contributed by atoms with van der Waals surface area (Å²) in [6.45, 7) is 5.79. The fourth-order valence-electron chi connectivity index (χ4n) is 2.46. The Hall–Kier alpha value is -2.13. The molecular weight excluding hydrogens is 362 g/mol. The molecule has 1 aromatic rings. The maximum absolute atomic E-state index is 12.7. The number of carbonyl (C=O) groups excluding carboxylic acids is 2. The smallest absolute Gasteiger partial charge is 0.427 e. The highest BCUT2D eigenvalue weighted by molar-refractivity contribution is 7.85. The maximum atomic E-state index is 12.7. The molecule has 1 aliphatic rings. The van der Waals surface area contributed by atoms with E-state index < -0.39 is 40.1 Å². The SMILES string of the molecule is CCC1(C(=O)OCc2ccccc2)COS(=O)(=O)N1C(=O)OC(C)(C)C. The second kappa shape index (κ2) is 7.24. The first-order chi connectivity index (χ1) is 12.0. The largest absolute Gasteiger partial charge is 0.459 e. The van der Waals surface area contributed by atoms with Gasteiger partial charge in [0.05, 0.1) is 0 Å². The molecule has 144 valence electrons. The standard InChI is InChI=1S/C17H23NO7S/c1-5-17(14(19)23-11-13-9-7-6-8-10-13)12-24-26(21,22)18(17)15(20)25-16(2,3)4/h6-10H,5,11-12H2,1-4H3. The first-order valence-electron chi connectivity index (χ1n) is 8.16. The van der Waals surface area contributed by atoms with Gasteiger partial charge in [0.2, 0.25) is 0 Å². The molecule has 1 heterocycles. The first-order valence-corrected chi connectivity index (χ1v) is 9.52. The van der Waals surface area contributed by atoms with Gasteiger partial charge in [-0.05, 0) is 32.8 Å². The summed E-state index contributed by atoms with van der Waals surface area (Å²) in [7, 11) is -4.45. The predicted octanol–water partition coefficient (Wildman–Crippen LogP) is 2.39. The molecule has 8 nitrogen and oxygen atoms in total. The summed E-state index contributed by atoms with van der Waals surface area (Å²) in [4.78, 5) is 25.2. The minimum Gasteiger partial charge on any atom is -0.459 e. The Morgan fingerprint density at radius 1 is 1.23 bits per heavy atom. The van der Waals surface area contributed by atoms with Gasteiger partial charge in [0, 0.05) is 0 Å². The molecule has 1 aliphatic heterocycles. The van der Waals surface area contributed by atoms with Crippen LogP contribution in [0.15, 0.2) is 30.3 Å². The molecule has 0 spiro atoms. The van der Waals surface area contributed by atoms with E-state index in [-0.39, 0.29) is 13.0 Å². The molecule has 0 radical (unpaired) electrons. The number of hydrogen-bond donors (Lipinski definition) is 0. The van der Waals surface area contributed by atoms with Crippen molar-refractivity contribution in [2.75, 3.05) is 6.61 Å². The normalized spacial score (nSPS) is 22.1. The molecule has 1 aromatic carbocycles. The van der Waals surface area contributed by atoms with Crippen molar-refractivity contribution >= 4 is 22.4 Å². The molecule has 2 rings (SSSR count). The van der Waals surface area contributed by atoms with Crippen molar-refractivity contribution in [3.63, 3.8) is 0 Å². The van der Waals surface area contributed by atoms with Crippen LogP contribution in [0.4, 0.5) is 4.79 Å². The summed E-state index contributed by atoms with van der Waals surface area (Å²) < 4.78 is 40.0. The Morgan fingerprint density at radius 2 is 1.85 bits per heavy atom. The molecule has 1 atom stereocenters. The molecule has 0 aliphatic carbocycles. The van der Waals surface area contributed by atoms with Crippen molar-refractivity contribution in [3.8, 4) is 0 Å². The van der Waals surface area contributed by atoms with Crippen LogP contribution in [0.5, 0.6) is 0 Å². The lowest BCUT2D eigenvalue weighted by Gasteiger charge is -2.32. The lowest BCUT2D eigenvalue weighted by molar-refractivity contribution is -0.156. The summed E-state index contributed by atoms with van der Waals surface area (Å²) in [6, 6.07) is 8.92. The number of nitrogens with zero attached hydrogens (tertiary/aromatic N) is 1. The molecule has 9 heteroatoms. The molecule has 0 saturated carbocycles. The van der Waals surface area contributed by atoms with Crippen LogP contribution in [0, 0.1) is 0 Å². The fourth-order valence-corrected chi connectivity index (χ4v) is 3.81. The van der Waals surface area contributed by atoms with E-state index in [4.69, 9.17) is 13.7 Å². The molecule has 26 heavy (non-hydrogen) atoms. The molecule has 1 fully saturated rings. The van der Waals surface area contributed by atoms with Crippen LogP contribution >= 0.6 is 0 Å². The van der Waals surface area contributed by atoms with Crippen molar-refractivity contribution in [2.24, 2.45) is 0 Å². The number of benzene rings is 1. The van der Waals surface area contributed by atoms with Crippen LogP contribution in [0.1, 0.15) is 39.7 Å². The summed E-state index contributed by atoms with van der Waals surface area (Å²) >= 11 is 0. The zero-order chi connectivity index (χ0) is 19.6. The summed E-state index contributed by atoms with van der Waals surface area (Å²) in [5.74, 6) is -0.865. The summed E-state index contributed by atoms with van der Waals surface area (Å²) in [6.07, 6.45) is -1.19. The summed E-state index contributed by atoms with van der Waals surface area (Å²) in [5.41, 5.74) is -2.00. The lowest BCUT2D eigenvalue weighted by Crippen LogP contribution is -2.57. The van der Waals surface area contributed by atoms with Crippen molar-refractivity contribution in [3.05, 3.63) is 35.9 Å². The van der Waals surface area contributed by atoms with Gasteiger partial charge in [0.25, 0.3) is 0 Å². The number of hydrogen-bond acceptors (Lipinski definition) is 7. The molecule has 1 amide bonds. The van der Waals surface area contributed by atoms with Crippen molar-refractivity contribution in [1.29, 1.82) is 0 Å². The van der Waals surface area contributed by atoms with E-state index in [1.807, 2.05) is 6.07 Å². The highest BCUT2D eigenvalue weighted by Crippen LogP contribution is 2.35. The van der Waals surface area contributed by atoms with Crippen molar-refractivity contribution in [1.82, 2.24) is 4.31 Å². The molecule has 0 bridgehead atoms. The van der Waals surface area contributed by atoms with E-state index in [0.717, 1.165) is 5.56 Å². The minimum atomic E-state index is -4.45. The van der Waals surface area contributed by atoms with Gasteiger partial charge in [-0.2, -0.15) is 12.7 Å². The molecule has 1 saturated heterocycles. The van der Waals surface area contributed by atoms with E-state index >= 15 is 0 Å². The van der Waals surface area contributed by atoms with Gasteiger partial charge in [-0.3, -0.25) is 4.18 Å². The van der Waals surface area contributed by atoms with Crippen LogP contribution in [-0.4, -0.2) is 42.5 Å². The van der Waals surface area contributed by atoms with E-state index in [1.165, 1.54) is 0 Å². The minimum absolute atomic E-state index is 0.0148. The quantitative estimate of drug-likeness (QED) is 0.734. The number of carbonyl (C=O) groups is 2. The van der Waals surface area contributed by atoms with Gasteiger partial charge >= 0.3 is 22.4 Å². The second-order valence-electron chi connectivity index (χ2n) is 6.91. The third kappa shape index (κ3) is 4.16. The van der Waals surface area contributed by atoms with Gasteiger partial charge < -0.3 is 9.47 Å². The van der Waals surface area contributed by atoms with Crippen LogP contribution < -0.4 is 0 Å². The molecule has 0 N–H and O–H groups in total. The van der Waals surface area contributed by atoms with E-state index in [9.17, 15) is 18.0 Å². The molecular formula is C17H23NO7S. The van der Waals surface area contributed by atoms with Gasteiger partial charge in [-0.1, -0.05) is 37.3 Å². The average molecular weight is 385 g/mol. The van der Waals surface area contributed by atoms with Crippen molar-refractivity contribution in [2.45, 2.75) is 51.9 Å². The van der Waals surface area contributed by atoms with Crippen LogP contribution in [0.3, 0.4) is 0 Å². The average Bonchev–Trinajstić information content (AvgIpc) is 2.84. The van der Waals surface area contributed by atoms with E-state index in [1.54, 1.807) is 52.0 Å². The van der Waals surface area contributed by atoms with Gasteiger partial charge in [0.1, 0.15) is 18.8 Å². The fraction of sp³-hybridized carbons (Fsp3) is 0.529. The molecule has 0 aromatic heterocycles. The van der Waals surface area contributed by atoms with E-state index in [2.05, 4.69) is 0 Å². The highest BCUT2D eigenvalue weighted by Gasteiger charge is 2.60. The van der Waals surface area contributed by atoms with Crippen LogP contribution in [0.25, 0.3) is 0 Å². The zero-order valence-corrected chi connectivity index (χ0v) is 16.0. The Bertz CT molecular complexity index is 770. The Kier molecular flexibility index (Phi) is 5.62. The number of ether oxygens (including phenoxy) is 2. The monoisotopic (exact) mass is 385 g/mol. The Labute approximate surface area is 153 Å². The Morgan fingerprint density at radius 3 is 2.38 bits per heavy atom. The van der Waals surface area contributed by atoms with E-state index in [0.29, 0.717) is 4.31 Å². The third-order valence-corrected chi connectivity index (χ3v) is 5.16. The van der Waals surface area contributed by atoms with Crippen molar-refractivity contribution < 1.29 is 31.7 Å². The first kappa shape index (κ1) is 20.2. The number of esters is 1. The second-order valence-corrected chi connectivity index (χ2v) is 8.37. The predicted molar refractivity (Wildman–Crippen MR) is 92.2 cm³/mol. The third-order valence-electron chi connectivity index (χ3n) is 3.80. The maximum Gasteiger partial charge on any atom is 0.427 e. The van der Waals surface area contributed by atoms with Gasteiger partial charge in [0.15, 0.2) is 5.54 Å². The summed E-state index contributed by atoms with van der Waals surface area (Å²) in [5, 5.41) is 0. The Balaban J connectivity index is 2.28. The number of rotatable bonds is 4. The number of amides is 1. The topological polar surface area (TPSA) is 99.2 Å². The zero-order valence-electron chi connectivity index (χ0n) is 15.2. The van der Waals surface area contributed by atoms with Gasteiger partial charge in [-0.25, -0.2) is 9.59 Å². The van der Waals surface area contributed by atoms with Gasteiger partial charge in [-0.15, -0.1) is 0 Å². The molecule has 1 unspecified atom stereocenters.